The van der Waals surface area contributed by atoms with Crippen molar-refractivity contribution < 1.29 is 0 Å². The van der Waals surface area contributed by atoms with Crippen LogP contribution in [0.15, 0.2) is 0 Å². The van der Waals surface area contributed by atoms with Crippen LogP contribution in [0.1, 0.15) is 72.6 Å². The summed E-state index contributed by atoms with van der Waals surface area (Å²) in [4.78, 5) is 2.89. The minimum absolute atomic E-state index is 0.283. The standard InChI is InChI=1S/C16H32N2/c1-5-14(6-2)18-13-15(3,4)17-12-16(18)10-8-7-9-11-16/h14,17H,5-13H2,1-4H3. The number of hydrogen-bond acceptors (Lipinski definition) is 2. The van der Waals surface area contributed by atoms with Gasteiger partial charge in [-0.2, -0.15) is 0 Å². The van der Waals surface area contributed by atoms with Crippen LogP contribution in [0.3, 0.4) is 0 Å². The van der Waals surface area contributed by atoms with E-state index in [1.807, 2.05) is 0 Å². The van der Waals surface area contributed by atoms with E-state index in [4.69, 9.17) is 0 Å². The van der Waals surface area contributed by atoms with Gasteiger partial charge in [0.25, 0.3) is 0 Å². The minimum atomic E-state index is 0.283. The molecule has 2 aliphatic rings. The zero-order valence-corrected chi connectivity index (χ0v) is 12.9. The molecule has 0 amide bonds. The summed E-state index contributed by atoms with van der Waals surface area (Å²) < 4.78 is 0. The van der Waals surface area contributed by atoms with E-state index in [1.165, 1.54) is 58.0 Å². The lowest BCUT2D eigenvalue weighted by Gasteiger charge is -2.57. The molecule has 2 nitrogen and oxygen atoms in total. The molecule has 0 radical (unpaired) electrons. The number of nitrogens with zero attached hydrogens (tertiary/aromatic N) is 1. The maximum absolute atomic E-state index is 3.81. The summed E-state index contributed by atoms with van der Waals surface area (Å²) in [6.45, 7) is 11.9. The molecule has 2 heteroatoms. The van der Waals surface area contributed by atoms with E-state index in [0.717, 1.165) is 6.04 Å². The monoisotopic (exact) mass is 252 g/mol. The fourth-order valence-corrected chi connectivity index (χ4v) is 4.07. The predicted molar refractivity (Wildman–Crippen MR) is 79.0 cm³/mol. The van der Waals surface area contributed by atoms with Crippen molar-refractivity contribution in [2.75, 3.05) is 13.1 Å². The number of rotatable bonds is 3. The summed E-state index contributed by atoms with van der Waals surface area (Å²) in [5.74, 6) is 0. The fourth-order valence-electron chi connectivity index (χ4n) is 4.07. The minimum Gasteiger partial charge on any atom is -0.309 e. The van der Waals surface area contributed by atoms with Gasteiger partial charge in [0.1, 0.15) is 0 Å². The van der Waals surface area contributed by atoms with Gasteiger partial charge in [0.05, 0.1) is 0 Å². The molecule has 2 rings (SSSR count). The first-order chi connectivity index (χ1) is 8.53. The smallest absolute Gasteiger partial charge is 0.0337 e. The second kappa shape index (κ2) is 5.50. The molecule has 0 aromatic rings. The average Bonchev–Trinajstić information content (AvgIpc) is 2.37. The third kappa shape index (κ3) is 2.75. The molecule has 1 aliphatic carbocycles. The molecule has 0 aromatic heterocycles. The van der Waals surface area contributed by atoms with Gasteiger partial charge in [-0.3, -0.25) is 4.90 Å². The highest BCUT2D eigenvalue weighted by molar-refractivity contribution is 5.05. The SMILES string of the molecule is CCC(CC)N1CC(C)(C)NCC12CCCCC2. The van der Waals surface area contributed by atoms with Crippen molar-refractivity contribution in [3.63, 3.8) is 0 Å². The molecule has 0 bridgehead atoms. The molecule has 106 valence electrons. The number of hydrogen-bond donors (Lipinski definition) is 1. The van der Waals surface area contributed by atoms with E-state index in [1.54, 1.807) is 0 Å². The van der Waals surface area contributed by atoms with Gasteiger partial charge >= 0.3 is 0 Å². The van der Waals surface area contributed by atoms with Crippen molar-refractivity contribution in [1.82, 2.24) is 10.2 Å². The van der Waals surface area contributed by atoms with E-state index in [2.05, 4.69) is 37.9 Å². The van der Waals surface area contributed by atoms with Gasteiger partial charge in [0.15, 0.2) is 0 Å². The lowest BCUT2D eigenvalue weighted by atomic mass is 9.75. The Balaban J connectivity index is 2.20. The Morgan fingerprint density at radius 1 is 1.06 bits per heavy atom. The van der Waals surface area contributed by atoms with Crippen molar-refractivity contribution >= 4 is 0 Å². The summed E-state index contributed by atoms with van der Waals surface area (Å²) in [6, 6.07) is 0.782. The topological polar surface area (TPSA) is 15.3 Å². The van der Waals surface area contributed by atoms with E-state index >= 15 is 0 Å². The second-order valence-corrected chi connectivity index (χ2v) is 7.12. The molecule has 1 spiro atoms. The molecule has 2 fully saturated rings. The molecule has 18 heavy (non-hydrogen) atoms. The van der Waals surface area contributed by atoms with Gasteiger partial charge in [-0.1, -0.05) is 33.1 Å². The van der Waals surface area contributed by atoms with Crippen LogP contribution < -0.4 is 5.32 Å². The highest BCUT2D eigenvalue weighted by Crippen LogP contribution is 2.39. The van der Waals surface area contributed by atoms with Crippen LogP contribution in [-0.4, -0.2) is 35.1 Å². The first-order valence-electron chi connectivity index (χ1n) is 8.05. The molecule has 1 saturated carbocycles. The fraction of sp³-hybridized carbons (Fsp3) is 1.00. The van der Waals surface area contributed by atoms with Crippen LogP contribution in [0, 0.1) is 0 Å². The van der Waals surface area contributed by atoms with Gasteiger partial charge in [0, 0.05) is 30.2 Å². The zero-order chi connectivity index (χ0) is 13.2. The average molecular weight is 252 g/mol. The molecular formula is C16H32N2. The van der Waals surface area contributed by atoms with Gasteiger partial charge in [-0.25, -0.2) is 0 Å². The molecular weight excluding hydrogens is 220 g/mol. The van der Waals surface area contributed by atoms with Crippen LogP contribution in [-0.2, 0) is 0 Å². The van der Waals surface area contributed by atoms with Crippen LogP contribution >= 0.6 is 0 Å². The Labute approximate surface area is 114 Å². The number of nitrogens with one attached hydrogen (secondary N) is 1. The van der Waals surface area contributed by atoms with Crippen molar-refractivity contribution in [1.29, 1.82) is 0 Å². The molecule has 1 aliphatic heterocycles. The summed E-state index contributed by atoms with van der Waals surface area (Å²) in [7, 11) is 0. The van der Waals surface area contributed by atoms with Crippen LogP contribution in [0.25, 0.3) is 0 Å². The van der Waals surface area contributed by atoms with Gasteiger partial charge in [0.2, 0.25) is 0 Å². The Morgan fingerprint density at radius 3 is 2.22 bits per heavy atom. The largest absolute Gasteiger partial charge is 0.309 e. The maximum atomic E-state index is 3.81. The van der Waals surface area contributed by atoms with E-state index in [9.17, 15) is 0 Å². The lowest BCUT2D eigenvalue weighted by molar-refractivity contribution is -0.0422. The van der Waals surface area contributed by atoms with Gasteiger partial charge < -0.3 is 5.32 Å². The van der Waals surface area contributed by atoms with Crippen molar-refractivity contribution in [3.05, 3.63) is 0 Å². The van der Waals surface area contributed by atoms with Crippen LogP contribution in [0.2, 0.25) is 0 Å². The van der Waals surface area contributed by atoms with Crippen molar-refractivity contribution in [3.8, 4) is 0 Å². The van der Waals surface area contributed by atoms with Crippen LogP contribution in [0.4, 0.5) is 0 Å². The Hall–Kier alpha value is -0.0800. The summed E-state index contributed by atoms with van der Waals surface area (Å²) in [5.41, 5.74) is 0.760. The molecule has 0 unspecified atom stereocenters. The molecule has 1 heterocycles. The normalized spacial score (nSPS) is 27.8. The number of piperazine rings is 1. The zero-order valence-electron chi connectivity index (χ0n) is 12.9. The van der Waals surface area contributed by atoms with Gasteiger partial charge in [-0.15, -0.1) is 0 Å². The maximum Gasteiger partial charge on any atom is 0.0337 e. The third-order valence-corrected chi connectivity index (χ3v) is 5.24. The quantitative estimate of drug-likeness (QED) is 0.826. The Morgan fingerprint density at radius 2 is 1.67 bits per heavy atom. The Kier molecular flexibility index (Phi) is 4.38. The van der Waals surface area contributed by atoms with Crippen molar-refractivity contribution in [2.45, 2.75) is 89.8 Å². The van der Waals surface area contributed by atoms with Crippen LogP contribution in [0.5, 0.6) is 0 Å². The van der Waals surface area contributed by atoms with Crippen molar-refractivity contribution in [2.24, 2.45) is 0 Å². The summed E-state index contributed by atoms with van der Waals surface area (Å²) in [6.07, 6.45) is 9.72. The van der Waals surface area contributed by atoms with E-state index in [0.29, 0.717) is 5.54 Å². The molecule has 0 aromatic carbocycles. The highest BCUT2D eigenvalue weighted by Gasteiger charge is 2.46. The molecule has 1 saturated heterocycles. The first-order valence-corrected chi connectivity index (χ1v) is 8.05. The summed E-state index contributed by atoms with van der Waals surface area (Å²) >= 11 is 0. The summed E-state index contributed by atoms with van der Waals surface area (Å²) in [5, 5.41) is 3.81. The molecule has 0 atom stereocenters. The second-order valence-electron chi connectivity index (χ2n) is 7.12. The lowest BCUT2D eigenvalue weighted by Crippen LogP contribution is -2.70. The van der Waals surface area contributed by atoms with Gasteiger partial charge in [-0.05, 0) is 39.5 Å². The highest BCUT2D eigenvalue weighted by atomic mass is 15.3. The van der Waals surface area contributed by atoms with E-state index in [-0.39, 0.29) is 5.54 Å². The predicted octanol–water partition coefficient (Wildman–Crippen LogP) is 3.56. The Bertz CT molecular complexity index is 262. The third-order valence-electron chi connectivity index (χ3n) is 5.24. The van der Waals surface area contributed by atoms with E-state index < -0.39 is 0 Å². The molecule has 1 N–H and O–H groups in total. The first kappa shape index (κ1) is 14.3.